The molecule has 0 saturated carbocycles. The van der Waals surface area contributed by atoms with E-state index in [1.165, 1.54) is 53.9 Å². The minimum absolute atomic E-state index is 0.0276. The van der Waals surface area contributed by atoms with Gasteiger partial charge in [-0.1, -0.05) is 85.0 Å². The molecule has 0 fully saturated rings. The van der Waals surface area contributed by atoms with Crippen LogP contribution in [-0.4, -0.2) is 0 Å². The van der Waals surface area contributed by atoms with Gasteiger partial charge in [-0.2, -0.15) is 0 Å². The van der Waals surface area contributed by atoms with Gasteiger partial charge in [0.2, 0.25) is 0 Å². The second-order valence-corrected chi connectivity index (χ2v) is 10.6. The second-order valence-electron chi connectivity index (χ2n) is 10.6. The van der Waals surface area contributed by atoms with Gasteiger partial charge in [-0.05, 0) is 91.8 Å². The number of hydrogen-bond acceptors (Lipinski definition) is 0. The van der Waals surface area contributed by atoms with Crippen LogP contribution in [0, 0.1) is 10.8 Å². The molecule has 0 heteroatoms. The van der Waals surface area contributed by atoms with Crippen LogP contribution in [0.4, 0.5) is 0 Å². The zero-order chi connectivity index (χ0) is 24.9. The fourth-order valence-electron chi connectivity index (χ4n) is 6.59. The Morgan fingerprint density at radius 2 is 0.944 bits per heavy atom. The molecular weight excluding hydrogens is 432 g/mol. The molecule has 0 unspecified atom stereocenters. The van der Waals surface area contributed by atoms with Crippen molar-refractivity contribution in [2.24, 2.45) is 10.8 Å². The molecule has 0 N–H and O–H groups in total. The molecule has 0 heterocycles. The molecule has 0 nitrogen and oxygen atoms in total. The third kappa shape index (κ3) is 3.28. The predicted molar refractivity (Wildman–Crippen MR) is 157 cm³/mol. The molecule has 0 spiro atoms. The minimum atomic E-state index is -0.0276. The smallest absolute Gasteiger partial charge is 0.0142 e. The number of benzene rings is 2. The van der Waals surface area contributed by atoms with Crippen molar-refractivity contribution in [3.8, 4) is 0 Å². The lowest BCUT2D eigenvalue weighted by Gasteiger charge is -2.29. The van der Waals surface area contributed by atoms with Crippen molar-refractivity contribution in [3.63, 3.8) is 0 Å². The Morgan fingerprint density at radius 1 is 0.556 bits per heavy atom. The molecule has 4 aliphatic rings. The second kappa shape index (κ2) is 8.35. The van der Waals surface area contributed by atoms with Gasteiger partial charge in [-0.3, -0.25) is 0 Å². The average Bonchev–Trinajstić information content (AvgIpc) is 3.41. The Bertz CT molecular complexity index is 1590. The molecule has 0 bridgehead atoms. The van der Waals surface area contributed by atoms with Gasteiger partial charge in [0.15, 0.2) is 0 Å². The molecule has 0 amide bonds. The van der Waals surface area contributed by atoms with Crippen molar-refractivity contribution in [2.75, 3.05) is 0 Å². The Hall–Kier alpha value is -3.90. The van der Waals surface area contributed by atoms with Crippen LogP contribution in [0.15, 0.2) is 122 Å². The van der Waals surface area contributed by atoms with Crippen LogP contribution in [0.3, 0.4) is 0 Å². The molecule has 4 aliphatic carbocycles. The van der Waals surface area contributed by atoms with Gasteiger partial charge in [-0.25, -0.2) is 0 Å². The van der Waals surface area contributed by atoms with Gasteiger partial charge in [0.25, 0.3) is 0 Å². The van der Waals surface area contributed by atoms with Crippen LogP contribution >= 0.6 is 0 Å². The van der Waals surface area contributed by atoms with E-state index in [-0.39, 0.29) is 10.8 Å². The summed E-state index contributed by atoms with van der Waals surface area (Å²) in [5.41, 5.74) is 5.24. The van der Waals surface area contributed by atoms with Gasteiger partial charge >= 0.3 is 0 Å². The van der Waals surface area contributed by atoms with Crippen LogP contribution < -0.4 is 20.9 Å². The van der Waals surface area contributed by atoms with Crippen molar-refractivity contribution >= 4 is 34.1 Å². The first-order chi connectivity index (χ1) is 17.6. The molecular formula is C36H32. The molecule has 0 aromatic heterocycles. The van der Waals surface area contributed by atoms with Gasteiger partial charge in [0, 0.05) is 10.8 Å². The van der Waals surface area contributed by atoms with E-state index in [0.29, 0.717) is 0 Å². The number of rotatable bonds is 8. The van der Waals surface area contributed by atoms with E-state index in [0.717, 1.165) is 25.7 Å². The first-order valence-electron chi connectivity index (χ1n) is 12.9. The maximum Gasteiger partial charge on any atom is 0.0142 e. The maximum atomic E-state index is 4.00. The maximum absolute atomic E-state index is 4.00. The first kappa shape index (κ1) is 22.6. The van der Waals surface area contributed by atoms with Crippen LogP contribution in [-0.2, 0) is 0 Å². The molecule has 0 radical (unpaired) electrons. The average molecular weight is 465 g/mol. The lowest BCUT2D eigenvalue weighted by atomic mass is 9.75. The summed E-state index contributed by atoms with van der Waals surface area (Å²) in [6, 6.07) is 9.26. The van der Waals surface area contributed by atoms with Crippen molar-refractivity contribution < 1.29 is 0 Å². The van der Waals surface area contributed by atoms with E-state index in [1.807, 2.05) is 24.3 Å². The van der Waals surface area contributed by atoms with Gasteiger partial charge in [-0.15, -0.1) is 26.3 Å². The van der Waals surface area contributed by atoms with Crippen LogP contribution in [0.1, 0.15) is 25.7 Å². The summed E-state index contributed by atoms with van der Waals surface area (Å²) >= 11 is 0. The zero-order valence-corrected chi connectivity index (χ0v) is 20.9. The highest BCUT2D eigenvalue weighted by atomic mass is 14.3. The molecule has 176 valence electrons. The standard InChI is InChI=1S/C36H32/c1-5-15-35(16-6-2)19-13-27-25(23-35)21-33-29(27)9-11-32-31(33)12-10-30-28-14-20-36(17-7-3,18-8-4)24-26(28)22-34(30)32/h5-14,19-24H,1-4,15-18H2. The van der Waals surface area contributed by atoms with E-state index in [1.54, 1.807) is 0 Å². The summed E-state index contributed by atoms with van der Waals surface area (Å²) in [5.74, 6) is 0. The number of fused-ring (bicyclic) bond motifs is 7. The van der Waals surface area contributed by atoms with E-state index >= 15 is 0 Å². The van der Waals surface area contributed by atoms with E-state index < -0.39 is 0 Å². The Morgan fingerprint density at radius 3 is 1.31 bits per heavy atom. The predicted octanol–water partition coefficient (Wildman–Crippen LogP) is 6.00. The third-order valence-corrected chi connectivity index (χ3v) is 8.23. The van der Waals surface area contributed by atoms with Gasteiger partial charge < -0.3 is 0 Å². The zero-order valence-electron chi connectivity index (χ0n) is 20.9. The van der Waals surface area contributed by atoms with Crippen LogP contribution in [0.25, 0.3) is 34.1 Å². The number of allylic oxidation sites excluding steroid dienone is 12. The fourth-order valence-corrected chi connectivity index (χ4v) is 6.59. The summed E-state index contributed by atoms with van der Waals surface area (Å²) in [7, 11) is 0. The van der Waals surface area contributed by atoms with Gasteiger partial charge in [0.05, 0.1) is 0 Å². The first-order valence-corrected chi connectivity index (χ1v) is 12.9. The fraction of sp³-hybridized carbons (Fsp3) is 0.167. The summed E-state index contributed by atoms with van der Waals surface area (Å²) < 4.78 is 0. The number of hydrogen-bond donors (Lipinski definition) is 0. The van der Waals surface area contributed by atoms with Crippen LogP contribution in [0.2, 0.25) is 0 Å². The van der Waals surface area contributed by atoms with Crippen molar-refractivity contribution in [1.29, 1.82) is 0 Å². The van der Waals surface area contributed by atoms with Crippen LogP contribution in [0.5, 0.6) is 0 Å². The monoisotopic (exact) mass is 464 g/mol. The highest BCUT2D eigenvalue weighted by Gasteiger charge is 2.29. The highest BCUT2D eigenvalue weighted by molar-refractivity contribution is 5.98. The van der Waals surface area contributed by atoms with E-state index in [9.17, 15) is 0 Å². The summed E-state index contributed by atoms with van der Waals surface area (Å²) in [6.45, 7) is 16.0. The summed E-state index contributed by atoms with van der Waals surface area (Å²) in [4.78, 5) is 0. The molecule has 0 atom stereocenters. The summed E-state index contributed by atoms with van der Waals surface area (Å²) in [6.07, 6.45) is 30.7. The van der Waals surface area contributed by atoms with Crippen molar-refractivity contribution in [1.82, 2.24) is 0 Å². The minimum Gasteiger partial charge on any atom is -0.103 e. The SMILES string of the molecule is C=CCC1(CC=C)C=CC2=c3ccc4c5c(ccc4c3=CC2=C1)=C1C=CC(CC=C)(CC=C)C=C1C=5. The highest BCUT2D eigenvalue weighted by Crippen LogP contribution is 2.40. The van der Waals surface area contributed by atoms with E-state index in [2.05, 4.69) is 99.2 Å². The lowest BCUT2D eigenvalue weighted by molar-refractivity contribution is 0.505. The largest absolute Gasteiger partial charge is 0.103 e. The Balaban J connectivity index is 1.55. The molecule has 2 aromatic rings. The molecule has 36 heavy (non-hydrogen) atoms. The van der Waals surface area contributed by atoms with Crippen molar-refractivity contribution in [3.05, 3.63) is 143 Å². The third-order valence-electron chi connectivity index (χ3n) is 8.23. The molecule has 0 saturated heterocycles. The van der Waals surface area contributed by atoms with Crippen molar-refractivity contribution in [2.45, 2.75) is 25.7 Å². The molecule has 6 rings (SSSR count). The van der Waals surface area contributed by atoms with E-state index in [4.69, 9.17) is 0 Å². The Kier molecular flexibility index (Phi) is 5.23. The normalized spacial score (nSPS) is 19.2. The summed E-state index contributed by atoms with van der Waals surface area (Å²) in [5, 5.41) is 7.97. The van der Waals surface area contributed by atoms with Gasteiger partial charge in [0.1, 0.15) is 0 Å². The molecule has 0 aliphatic heterocycles. The quantitative estimate of drug-likeness (QED) is 0.421. The Labute approximate surface area is 213 Å². The topological polar surface area (TPSA) is 0 Å². The lowest BCUT2D eigenvalue weighted by Crippen LogP contribution is -2.30. The molecule has 2 aromatic carbocycles.